The van der Waals surface area contributed by atoms with Gasteiger partial charge in [-0.05, 0) is 31.6 Å². The number of rotatable bonds is 4. The third-order valence-corrected chi connectivity index (χ3v) is 6.08. The number of ether oxygens (including phenoxy) is 1. The Morgan fingerprint density at radius 1 is 1.12 bits per heavy atom. The van der Waals surface area contributed by atoms with E-state index in [0.29, 0.717) is 16.9 Å². The molecule has 2 atom stereocenters. The summed E-state index contributed by atoms with van der Waals surface area (Å²) in [4.78, 5) is 0. The van der Waals surface area contributed by atoms with Crippen molar-refractivity contribution in [2.45, 2.75) is 56.2 Å². The largest absolute Gasteiger partial charge is 0.381 e. The van der Waals surface area contributed by atoms with Crippen LogP contribution in [0.5, 0.6) is 0 Å². The summed E-state index contributed by atoms with van der Waals surface area (Å²) in [5.41, 5.74) is 6.23. The molecular formula is C13H25NO2S. The molecule has 100 valence electrons. The predicted octanol–water partition coefficient (Wildman–Crippen LogP) is 1.82. The van der Waals surface area contributed by atoms with E-state index in [1.165, 1.54) is 32.1 Å². The van der Waals surface area contributed by atoms with Crippen molar-refractivity contribution in [3.8, 4) is 0 Å². The van der Waals surface area contributed by atoms with Crippen LogP contribution >= 0.6 is 0 Å². The minimum atomic E-state index is -0.743. The molecule has 1 saturated carbocycles. The first-order chi connectivity index (χ1) is 8.27. The van der Waals surface area contributed by atoms with Crippen molar-refractivity contribution in [2.75, 3.05) is 19.0 Å². The van der Waals surface area contributed by atoms with Gasteiger partial charge in [0, 0.05) is 41.1 Å². The van der Waals surface area contributed by atoms with Gasteiger partial charge in [0.1, 0.15) is 0 Å². The molecule has 0 bridgehead atoms. The summed E-state index contributed by atoms with van der Waals surface area (Å²) in [6.07, 6.45) is 8.35. The van der Waals surface area contributed by atoms with Crippen molar-refractivity contribution in [2.24, 2.45) is 11.7 Å². The lowest BCUT2D eigenvalue weighted by Crippen LogP contribution is -2.39. The molecule has 1 heterocycles. The van der Waals surface area contributed by atoms with Crippen LogP contribution in [0.15, 0.2) is 0 Å². The van der Waals surface area contributed by atoms with Crippen LogP contribution in [0.25, 0.3) is 0 Å². The van der Waals surface area contributed by atoms with Gasteiger partial charge in [-0.1, -0.05) is 19.3 Å². The van der Waals surface area contributed by atoms with E-state index in [9.17, 15) is 4.21 Å². The molecule has 0 aromatic carbocycles. The lowest BCUT2D eigenvalue weighted by Gasteiger charge is -2.29. The highest BCUT2D eigenvalue weighted by Crippen LogP contribution is 2.26. The van der Waals surface area contributed by atoms with Crippen molar-refractivity contribution in [3.63, 3.8) is 0 Å². The molecule has 17 heavy (non-hydrogen) atoms. The minimum absolute atomic E-state index is 0.152. The van der Waals surface area contributed by atoms with Gasteiger partial charge < -0.3 is 10.5 Å². The van der Waals surface area contributed by atoms with Crippen LogP contribution in [0.2, 0.25) is 0 Å². The van der Waals surface area contributed by atoms with Gasteiger partial charge >= 0.3 is 0 Å². The topological polar surface area (TPSA) is 52.3 Å². The summed E-state index contributed by atoms with van der Waals surface area (Å²) in [6, 6.07) is 0.152. The van der Waals surface area contributed by atoms with Gasteiger partial charge in [0.2, 0.25) is 0 Å². The van der Waals surface area contributed by atoms with E-state index in [-0.39, 0.29) is 6.04 Å². The highest BCUT2D eigenvalue weighted by atomic mass is 32.2. The second kappa shape index (κ2) is 6.86. The lowest BCUT2D eigenvalue weighted by molar-refractivity contribution is 0.0991. The molecule has 2 aliphatic rings. The summed E-state index contributed by atoms with van der Waals surface area (Å²) < 4.78 is 17.5. The zero-order valence-corrected chi connectivity index (χ0v) is 11.4. The fourth-order valence-corrected chi connectivity index (χ4v) is 4.60. The standard InChI is InChI=1S/C13H25NO2S/c14-13(11-4-2-1-3-5-11)10-17(15)12-6-8-16-9-7-12/h11-13H,1-10,14H2. The molecule has 4 heteroatoms. The van der Waals surface area contributed by atoms with Crippen LogP contribution in [0.1, 0.15) is 44.9 Å². The SMILES string of the molecule is NC(CS(=O)C1CCOCC1)C1CCCCC1. The first-order valence-electron chi connectivity index (χ1n) is 6.98. The molecule has 1 saturated heterocycles. The average molecular weight is 259 g/mol. The Balaban J connectivity index is 1.76. The van der Waals surface area contributed by atoms with E-state index in [0.717, 1.165) is 26.1 Å². The van der Waals surface area contributed by atoms with Crippen molar-refractivity contribution in [1.29, 1.82) is 0 Å². The van der Waals surface area contributed by atoms with Gasteiger partial charge in [-0.15, -0.1) is 0 Å². The van der Waals surface area contributed by atoms with Gasteiger partial charge in [-0.3, -0.25) is 4.21 Å². The van der Waals surface area contributed by atoms with Crippen LogP contribution in [-0.2, 0) is 15.5 Å². The van der Waals surface area contributed by atoms with Crippen LogP contribution < -0.4 is 5.73 Å². The zero-order chi connectivity index (χ0) is 12.1. The van der Waals surface area contributed by atoms with Crippen LogP contribution in [0, 0.1) is 5.92 Å². The summed E-state index contributed by atoms with van der Waals surface area (Å²) in [6.45, 7) is 1.55. The Morgan fingerprint density at radius 2 is 1.76 bits per heavy atom. The Kier molecular flexibility index (Phi) is 5.45. The molecule has 3 nitrogen and oxygen atoms in total. The van der Waals surface area contributed by atoms with Gasteiger partial charge in [-0.25, -0.2) is 0 Å². The Bertz CT molecular complexity index is 248. The molecular weight excluding hydrogens is 234 g/mol. The van der Waals surface area contributed by atoms with Gasteiger partial charge in [0.25, 0.3) is 0 Å². The Hall–Kier alpha value is 0.0700. The zero-order valence-electron chi connectivity index (χ0n) is 10.6. The van der Waals surface area contributed by atoms with Crippen molar-refractivity contribution in [1.82, 2.24) is 0 Å². The molecule has 2 N–H and O–H groups in total. The van der Waals surface area contributed by atoms with Gasteiger partial charge in [0.15, 0.2) is 0 Å². The molecule has 1 aliphatic carbocycles. The first-order valence-corrected chi connectivity index (χ1v) is 8.36. The maximum Gasteiger partial charge on any atom is 0.0477 e. The highest BCUT2D eigenvalue weighted by Gasteiger charge is 2.26. The normalized spacial score (nSPS) is 27.8. The molecule has 0 spiro atoms. The lowest BCUT2D eigenvalue weighted by atomic mass is 9.85. The molecule has 0 radical (unpaired) electrons. The molecule has 0 aromatic heterocycles. The van der Waals surface area contributed by atoms with E-state index in [2.05, 4.69) is 0 Å². The third kappa shape index (κ3) is 4.04. The van der Waals surface area contributed by atoms with E-state index in [4.69, 9.17) is 10.5 Å². The summed E-state index contributed by atoms with van der Waals surface area (Å²) in [5, 5.41) is 0.332. The van der Waals surface area contributed by atoms with E-state index < -0.39 is 10.8 Å². The third-order valence-electron chi connectivity index (χ3n) is 4.15. The molecule has 0 aromatic rings. The van der Waals surface area contributed by atoms with Crippen LogP contribution in [0.4, 0.5) is 0 Å². The second-order valence-electron chi connectivity index (χ2n) is 5.42. The molecule has 2 fully saturated rings. The predicted molar refractivity (Wildman–Crippen MR) is 71.4 cm³/mol. The maximum atomic E-state index is 12.2. The monoisotopic (exact) mass is 259 g/mol. The highest BCUT2D eigenvalue weighted by molar-refractivity contribution is 7.85. The van der Waals surface area contributed by atoms with E-state index >= 15 is 0 Å². The summed E-state index contributed by atoms with van der Waals surface area (Å²) in [5.74, 6) is 1.32. The Labute approximate surface area is 107 Å². The number of nitrogens with two attached hydrogens (primary N) is 1. The fourth-order valence-electron chi connectivity index (χ4n) is 2.96. The van der Waals surface area contributed by atoms with Gasteiger partial charge in [-0.2, -0.15) is 0 Å². The van der Waals surface area contributed by atoms with Gasteiger partial charge in [0.05, 0.1) is 0 Å². The summed E-state index contributed by atoms with van der Waals surface area (Å²) >= 11 is 0. The molecule has 0 amide bonds. The summed E-state index contributed by atoms with van der Waals surface area (Å²) in [7, 11) is -0.743. The number of hydrogen-bond acceptors (Lipinski definition) is 3. The van der Waals surface area contributed by atoms with Crippen LogP contribution in [0.3, 0.4) is 0 Å². The van der Waals surface area contributed by atoms with Crippen molar-refractivity contribution in [3.05, 3.63) is 0 Å². The smallest absolute Gasteiger partial charge is 0.0477 e. The molecule has 2 rings (SSSR count). The van der Waals surface area contributed by atoms with Crippen LogP contribution in [-0.4, -0.2) is 34.5 Å². The minimum Gasteiger partial charge on any atom is -0.381 e. The average Bonchev–Trinajstić information content (AvgIpc) is 2.40. The number of hydrogen-bond donors (Lipinski definition) is 1. The fraction of sp³-hybridized carbons (Fsp3) is 1.00. The molecule has 1 aliphatic heterocycles. The Morgan fingerprint density at radius 3 is 2.41 bits per heavy atom. The van der Waals surface area contributed by atoms with Crippen molar-refractivity contribution >= 4 is 10.8 Å². The van der Waals surface area contributed by atoms with E-state index in [1.807, 2.05) is 0 Å². The van der Waals surface area contributed by atoms with Crippen molar-refractivity contribution < 1.29 is 8.95 Å². The maximum absolute atomic E-state index is 12.2. The quantitative estimate of drug-likeness (QED) is 0.838. The van der Waals surface area contributed by atoms with E-state index in [1.54, 1.807) is 0 Å². The second-order valence-corrected chi connectivity index (χ2v) is 7.18. The first kappa shape index (κ1) is 13.5. The molecule has 2 unspecified atom stereocenters.